The molecule has 1 N–H and O–H groups in total. The number of carboxylic acids is 1. The molecule has 26 heavy (non-hydrogen) atoms. The van der Waals surface area contributed by atoms with Crippen molar-refractivity contribution < 1.29 is 14.6 Å². The average molecular weight is 365 g/mol. The van der Waals surface area contributed by atoms with Gasteiger partial charge in [0.15, 0.2) is 0 Å². The molecule has 0 amide bonds. The number of hydrogen-bond donors (Lipinski definition) is 1. The molecular formula is C21H19NO3S. The number of aliphatic carboxylic acids is 1. The Morgan fingerprint density at radius 2 is 1.85 bits per heavy atom. The van der Waals surface area contributed by atoms with Gasteiger partial charge in [0.1, 0.15) is 17.4 Å². The Bertz CT molecular complexity index is 899. The van der Waals surface area contributed by atoms with Crippen LogP contribution < -0.4 is 4.74 Å². The summed E-state index contributed by atoms with van der Waals surface area (Å²) < 4.78 is 5.79. The molecule has 0 aliphatic heterocycles. The van der Waals surface area contributed by atoms with E-state index in [9.17, 15) is 4.79 Å². The number of thiazole rings is 1. The Hall–Kier alpha value is -2.92. The molecule has 5 heteroatoms. The van der Waals surface area contributed by atoms with Gasteiger partial charge in [-0.3, -0.25) is 0 Å². The van der Waals surface area contributed by atoms with Gasteiger partial charge in [-0.1, -0.05) is 42.5 Å². The van der Waals surface area contributed by atoms with Crippen molar-refractivity contribution in [1.82, 2.24) is 4.98 Å². The highest BCUT2D eigenvalue weighted by molar-refractivity contribution is 7.10. The van der Waals surface area contributed by atoms with Crippen molar-refractivity contribution in [2.45, 2.75) is 20.0 Å². The number of nitrogens with zero attached hydrogens (tertiary/aromatic N) is 1. The van der Waals surface area contributed by atoms with Crippen molar-refractivity contribution in [3.05, 3.63) is 87.9 Å². The van der Waals surface area contributed by atoms with E-state index in [-0.39, 0.29) is 0 Å². The Morgan fingerprint density at radius 1 is 1.12 bits per heavy atom. The Morgan fingerprint density at radius 3 is 2.46 bits per heavy atom. The van der Waals surface area contributed by atoms with Gasteiger partial charge in [-0.15, -0.1) is 11.3 Å². The largest absolute Gasteiger partial charge is 0.489 e. The predicted molar refractivity (Wildman–Crippen MR) is 103 cm³/mol. The number of rotatable bonds is 7. The first-order valence-electron chi connectivity index (χ1n) is 8.22. The van der Waals surface area contributed by atoms with Crippen LogP contribution in [0.1, 0.15) is 21.8 Å². The Labute approximate surface area is 156 Å². The molecule has 3 aromatic rings. The topological polar surface area (TPSA) is 59.4 Å². The van der Waals surface area contributed by atoms with Crippen LogP contribution in [0.3, 0.4) is 0 Å². The molecule has 132 valence electrons. The third kappa shape index (κ3) is 5.04. The molecule has 0 atom stereocenters. The second kappa shape index (κ2) is 8.45. The maximum absolute atomic E-state index is 11.1. The second-order valence-corrected chi connectivity index (χ2v) is 6.75. The zero-order chi connectivity index (χ0) is 18.4. The van der Waals surface area contributed by atoms with Crippen LogP contribution in [-0.4, -0.2) is 16.1 Å². The number of carboxylic acid groups (broad SMARTS) is 1. The molecule has 0 saturated carbocycles. The van der Waals surface area contributed by atoms with Gasteiger partial charge in [0, 0.05) is 23.6 Å². The van der Waals surface area contributed by atoms with Crippen molar-refractivity contribution in [3.63, 3.8) is 0 Å². The first-order valence-corrected chi connectivity index (χ1v) is 9.10. The molecule has 0 bridgehead atoms. The van der Waals surface area contributed by atoms with Gasteiger partial charge in [0.25, 0.3) is 0 Å². The summed E-state index contributed by atoms with van der Waals surface area (Å²) in [5.74, 6) is -0.179. The summed E-state index contributed by atoms with van der Waals surface area (Å²) in [6, 6.07) is 17.7. The summed E-state index contributed by atoms with van der Waals surface area (Å²) >= 11 is 1.46. The van der Waals surface area contributed by atoms with Gasteiger partial charge in [-0.05, 0) is 35.8 Å². The highest BCUT2D eigenvalue weighted by atomic mass is 32.1. The molecule has 1 heterocycles. The fraction of sp³-hybridized carbons (Fsp3) is 0.143. The summed E-state index contributed by atoms with van der Waals surface area (Å²) in [5.41, 5.74) is 3.72. The van der Waals surface area contributed by atoms with Gasteiger partial charge in [0.05, 0.1) is 0 Å². The third-order valence-corrected chi connectivity index (χ3v) is 4.79. The van der Waals surface area contributed by atoms with Crippen LogP contribution >= 0.6 is 11.3 Å². The van der Waals surface area contributed by atoms with E-state index in [1.807, 2.05) is 66.9 Å². The van der Waals surface area contributed by atoms with Crippen molar-refractivity contribution >= 4 is 22.9 Å². The van der Waals surface area contributed by atoms with Crippen LogP contribution in [0.25, 0.3) is 5.57 Å². The first kappa shape index (κ1) is 17.9. The molecule has 0 unspecified atom stereocenters. The smallest absolute Gasteiger partial charge is 0.328 e. The normalized spacial score (nSPS) is 11.3. The number of ether oxygens (including phenoxy) is 1. The van der Waals surface area contributed by atoms with Gasteiger partial charge in [0.2, 0.25) is 0 Å². The van der Waals surface area contributed by atoms with Crippen LogP contribution in [-0.2, 0) is 17.8 Å². The summed E-state index contributed by atoms with van der Waals surface area (Å²) in [7, 11) is 0. The van der Waals surface area contributed by atoms with E-state index in [0.717, 1.165) is 27.6 Å². The highest BCUT2D eigenvalue weighted by Gasteiger charge is 2.10. The molecule has 1 aromatic heterocycles. The second-order valence-electron chi connectivity index (χ2n) is 5.90. The summed E-state index contributed by atoms with van der Waals surface area (Å²) in [6.07, 6.45) is 1.75. The summed E-state index contributed by atoms with van der Waals surface area (Å²) in [6.45, 7) is 2.42. The van der Waals surface area contributed by atoms with Crippen LogP contribution in [0, 0.1) is 6.92 Å². The fourth-order valence-electron chi connectivity index (χ4n) is 2.50. The summed E-state index contributed by atoms with van der Waals surface area (Å²) in [5, 5.41) is 11.8. The predicted octanol–water partition coefficient (Wildman–Crippen LogP) is 4.74. The lowest BCUT2D eigenvalue weighted by Gasteiger charge is -2.08. The number of hydrogen-bond acceptors (Lipinski definition) is 4. The van der Waals surface area contributed by atoms with E-state index in [1.165, 1.54) is 17.4 Å². The minimum absolute atomic E-state index is 0.512. The van der Waals surface area contributed by atoms with Crippen LogP contribution in [0.4, 0.5) is 0 Å². The molecule has 0 aliphatic carbocycles. The molecule has 0 spiro atoms. The first-order chi connectivity index (χ1) is 12.6. The zero-order valence-corrected chi connectivity index (χ0v) is 15.2. The van der Waals surface area contributed by atoms with Crippen molar-refractivity contribution in [2.75, 3.05) is 0 Å². The lowest BCUT2D eigenvalue weighted by Crippen LogP contribution is -1.97. The molecule has 4 nitrogen and oxygen atoms in total. The van der Waals surface area contributed by atoms with Crippen LogP contribution in [0.2, 0.25) is 0 Å². The fourth-order valence-corrected chi connectivity index (χ4v) is 3.32. The lowest BCUT2D eigenvalue weighted by molar-refractivity contribution is -0.131. The number of aryl methyl sites for hydroxylation is 1. The van der Waals surface area contributed by atoms with E-state index in [2.05, 4.69) is 4.98 Å². The third-order valence-electron chi connectivity index (χ3n) is 3.76. The minimum atomic E-state index is -0.962. The maximum atomic E-state index is 11.1. The van der Waals surface area contributed by atoms with E-state index >= 15 is 0 Å². The molecule has 0 radical (unpaired) electrons. The van der Waals surface area contributed by atoms with Crippen molar-refractivity contribution in [1.29, 1.82) is 0 Å². The lowest BCUT2D eigenvalue weighted by atomic mass is 10.1. The maximum Gasteiger partial charge on any atom is 0.328 e. The molecule has 2 aromatic carbocycles. The van der Waals surface area contributed by atoms with Crippen molar-refractivity contribution in [2.24, 2.45) is 0 Å². The molecular weight excluding hydrogens is 346 g/mol. The van der Waals surface area contributed by atoms with Gasteiger partial charge in [-0.2, -0.15) is 0 Å². The monoisotopic (exact) mass is 365 g/mol. The highest BCUT2D eigenvalue weighted by Crippen LogP contribution is 2.24. The zero-order valence-electron chi connectivity index (χ0n) is 14.4. The average Bonchev–Trinajstić information content (AvgIpc) is 3.07. The van der Waals surface area contributed by atoms with E-state index in [4.69, 9.17) is 9.84 Å². The number of allylic oxidation sites excluding steroid dienone is 1. The van der Waals surface area contributed by atoms with Crippen LogP contribution in [0.15, 0.2) is 66.1 Å². The van der Waals surface area contributed by atoms with Crippen LogP contribution in [0.5, 0.6) is 5.75 Å². The van der Waals surface area contributed by atoms with Crippen molar-refractivity contribution in [3.8, 4) is 5.75 Å². The van der Waals surface area contributed by atoms with E-state index in [0.29, 0.717) is 18.6 Å². The van der Waals surface area contributed by atoms with E-state index < -0.39 is 5.97 Å². The molecule has 0 fully saturated rings. The quantitative estimate of drug-likeness (QED) is 0.614. The van der Waals surface area contributed by atoms with Gasteiger partial charge in [-0.25, -0.2) is 9.78 Å². The Kier molecular flexibility index (Phi) is 5.81. The summed E-state index contributed by atoms with van der Waals surface area (Å²) in [4.78, 5) is 15.5. The number of benzene rings is 2. The SMILES string of the molecule is Cc1csc(/C(=C\C(=O)O)Cc2ccc(OCc3ccccc3)cc2)n1. The standard InChI is InChI=1S/C21H19NO3S/c1-15-14-26-21(22-15)18(12-20(23)24)11-16-7-9-19(10-8-16)25-13-17-5-3-2-4-6-17/h2-10,12,14H,11,13H2,1H3,(H,23,24)/b18-12-. The number of aromatic nitrogens is 1. The number of carbonyl (C=O) groups is 1. The van der Waals surface area contributed by atoms with E-state index in [1.54, 1.807) is 0 Å². The molecule has 3 rings (SSSR count). The minimum Gasteiger partial charge on any atom is -0.489 e. The Balaban J connectivity index is 1.68. The van der Waals surface area contributed by atoms with Gasteiger partial charge < -0.3 is 9.84 Å². The molecule has 0 aliphatic rings. The van der Waals surface area contributed by atoms with Gasteiger partial charge >= 0.3 is 5.97 Å². The molecule has 0 saturated heterocycles.